The van der Waals surface area contributed by atoms with Crippen molar-refractivity contribution in [2.45, 2.75) is 135 Å². The van der Waals surface area contributed by atoms with E-state index < -0.39 is 70.2 Å². The van der Waals surface area contributed by atoms with E-state index in [-0.39, 0.29) is 53.4 Å². The Kier molecular flexibility index (Phi) is 22.0. The fraction of sp³-hybridized carbons (Fsp3) is 0.500. The van der Waals surface area contributed by atoms with Crippen LogP contribution in [-0.2, 0) is 29.8 Å². The Labute approximate surface area is 444 Å². The second kappa shape index (κ2) is 28.1. The van der Waals surface area contributed by atoms with Gasteiger partial charge in [0.1, 0.15) is 49.9 Å². The van der Waals surface area contributed by atoms with Crippen molar-refractivity contribution < 1.29 is 72.3 Å². The van der Waals surface area contributed by atoms with E-state index in [4.69, 9.17) is 22.9 Å². The van der Waals surface area contributed by atoms with Gasteiger partial charge in [0.25, 0.3) is 13.7 Å². The molecule has 2 aliphatic heterocycles. The van der Waals surface area contributed by atoms with Crippen LogP contribution in [0.2, 0.25) is 0 Å². The first-order valence-corrected chi connectivity index (χ1v) is 27.6. The molecule has 1 aliphatic carbocycles. The molecule has 6 atom stereocenters. The molecule has 76 heavy (non-hydrogen) atoms. The summed E-state index contributed by atoms with van der Waals surface area (Å²) in [4.78, 5) is 54.7. The molecule has 414 valence electrons. The van der Waals surface area contributed by atoms with Crippen molar-refractivity contribution in [1.82, 2.24) is 9.89 Å². The molecule has 3 aromatic rings. The van der Waals surface area contributed by atoms with Gasteiger partial charge in [-0.25, -0.2) is 9.37 Å². The normalized spacial score (nSPS) is 18.3. The van der Waals surface area contributed by atoms with Gasteiger partial charge in [0, 0.05) is 72.5 Å². The van der Waals surface area contributed by atoms with Crippen LogP contribution in [0.1, 0.15) is 122 Å². The highest BCUT2D eigenvalue weighted by atomic mass is 31.2. The van der Waals surface area contributed by atoms with Gasteiger partial charge in [0.05, 0.1) is 37.1 Å². The first-order chi connectivity index (χ1) is 36.3. The molecule has 3 aromatic carbocycles. The molecule has 0 saturated carbocycles. The molecule has 0 radical (unpaired) electrons. The highest BCUT2D eigenvalue weighted by Crippen LogP contribution is 2.44. The molecule has 1 saturated heterocycles. The van der Waals surface area contributed by atoms with Crippen molar-refractivity contribution in [3.05, 3.63) is 94.3 Å². The van der Waals surface area contributed by atoms with Crippen LogP contribution < -0.4 is 35.1 Å². The summed E-state index contributed by atoms with van der Waals surface area (Å²) in [6, 6.07) is 18.9. The molecule has 7 N–H and O–H groups in total. The Morgan fingerprint density at radius 2 is 1.50 bits per heavy atom. The number of rotatable bonds is 28. The van der Waals surface area contributed by atoms with E-state index in [2.05, 4.69) is 17.6 Å². The summed E-state index contributed by atoms with van der Waals surface area (Å²) in [6.45, 7) is 1.97. The van der Waals surface area contributed by atoms with Crippen LogP contribution >= 0.6 is 7.82 Å². The van der Waals surface area contributed by atoms with Gasteiger partial charge in [-0.2, -0.15) is 0 Å². The van der Waals surface area contributed by atoms with Crippen molar-refractivity contribution >= 4 is 48.0 Å². The van der Waals surface area contributed by atoms with Crippen LogP contribution in [0.5, 0.6) is 5.75 Å². The minimum Gasteiger partial charge on any atom is -0.756 e. The lowest BCUT2D eigenvalue weighted by atomic mass is 9.89. The maximum absolute atomic E-state index is 13.4. The van der Waals surface area contributed by atoms with Crippen LogP contribution in [0.4, 0.5) is 11.4 Å². The number of phosphoric ester groups is 1. The molecule has 0 spiro atoms. The first kappa shape index (κ1) is 59.5. The summed E-state index contributed by atoms with van der Waals surface area (Å²) in [6.07, 6.45) is 4.12. The number of hydrogen-bond donors (Lipinski definition) is 7. The number of aromatic carboxylic acids is 1. The predicted octanol–water partition coefficient (Wildman–Crippen LogP) is 6.95. The van der Waals surface area contributed by atoms with Gasteiger partial charge in [-0.3, -0.25) is 14.2 Å². The number of ether oxygens (including phenoxy) is 2. The Balaban J connectivity index is 1.09. The maximum atomic E-state index is 13.4. The second-order valence-corrected chi connectivity index (χ2v) is 21.2. The molecular weight excluding hydrogens is 1000 g/mol. The van der Waals surface area contributed by atoms with Crippen molar-refractivity contribution in [3.8, 4) is 28.2 Å². The molecule has 1 fully saturated rings. The SMILES string of the molecule is CCCCCCCCCCCCCC(=O)Nc1ccc(C)c(COP(=O)([O-])OCCCNC(=O)c2ccc(-c3c4ccc(=[N+](C)C)cc-4oc4cc(N(C)C)ccc34)c(C(=O)O)c2)c1O[C@@H]1O[C@H](CO)[C@H](O)[C@H](O)[C@H]1O. The first-order valence-electron chi connectivity index (χ1n) is 26.2. The lowest BCUT2D eigenvalue weighted by molar-refractivity contribution is -0.277. The fourth-order valence-corrected chi connectivity index (χ4v) is 9.82. The largest absolute Gasteiger partial charge is 0.756 e. The highest BCUT2D eigenvalue weighted by Gasteiger charge is 2.45. The average Bonchev–Trinajstić information content (AvgIpc) is 3.44. The Morgan fingerprint density at radius 3 is 2.16 bits per heavy atom. The average molecular weight is 1080 g/mol. The van der Waals surface area contributed by atoms with E-state index in [1.165, 1.54) is 56.7 Å². The van der Waals surface area contributed by atoms with E-state index in [9.17, 15) is 49.4 Å². The third-order valence-corrected chi connectivity index (χ3v) is 14.5. The molecule has 2 amide bonds. The molecule has 20 heteroatoms. The standard InChI is InChI=1S/C56H75N4O15P/c1-7-8-9-10-11-12-13-14-15-16-17-19-48(62)58-44-27-20-35(2)43(53(44)75-56-52(65)51(64)50(63)47(33-61)74-56)34-72-76(69,70)71-29-18-28-57-54(66)36-21-24-39(42(30-36)55(67)68)49-40-25-22-37(59(3)4)31-45(40)73-46-32-38(60(5)6)23-26-41(46)49/h20-27,30-32,47,50-52,56,61,63-65H,7-19,28-29,33-34H2,1-6H3,(H3-,57,58,62,66,67,68,69,70)/t47-,50+,51+,52-,56+/m1/s1. The van der Waals surface area contributed by atoms with Crippen molar-refractivity contribution in [3.63, 3.8) is 0 Å². The number of aryl methyl sites for hydroxylation is 1. The van der Waals surface area contributed by atoms with E-state index in [0.29, 0.717) is 45.4 Å². The number of carbonyl (C=O) groups is 3. The zero-order valence-corrected chi connectivity index (χ0v) is 45.3. The quantitative estimate of drug-likeness (QED) is 0.0116. The van der Waals surface area contributed by atoms with Gasteiger partial charge in [-0.05, 0) is 67.3 Å². The van der Waals surface area contributed by atoms with E-state index >= 15 is 0 Å². The summed E-state index contributed by atoms with van der Waals surface area (Å²) >= 11 is 0. The number of carboxylic acid groups (broad SMARTS) is 1. The van der Waals surface area contributed by atoms with Crippen molar-refractivity contribution in [2.24, 2.45) is 0 Å². The topological polar surface area (TPSA) is 273 Å². The van der Waals surface area contributed by atoms with Gasteiger partial charge in [0.15, 0.2) is 5.75 Å². The second-order valence-electron chi connectivity index (χ2n) is 19.7. The van der Waals surface area contributed by atoms with Crippen LogP contribution in [0.3, 0.4) is 0 Å². The van der Waals surface area contributed by atoms with Gasteiger partial charge in [0.2, 0.25) is 17.6 Å². The van der Waals surface area contributed by atoms with Crippen LogP contribution in [0.25, 0.3) is 33.4 Å². The molecule has 19 nitrogen and oxygen atoms in total. The number of carbonyl (C=O) groups excluding carboxylic acids is 2. The summed E-state index contributed by atoms with van der Waals surface area (Å²) in [5.74, 6) is -1.81. The number of fused-ring (bicyclic) bond motifs is 2. The third kappa shape index (κ3) is 15.7. The number of nitrogens with zero attached hydrogens (tertiary/aromatic N) is 2. The predicted molar refractivity (Wildman–Crippen MR) is 287 cm³/mol. The van der Waals surface area contributed by atoms with E-state index in [1.54, 1.807) is 19.1 Å². The lowest BCUT2D eigenvalue weighted by Crippen LogP contribution is -2.60. The minimum atomic E-state index is -5.06. The number of nitrogens with one attached hydrogen (secondary N) is 2. The fourth-order valence-electron chi connectivity index (χ4n) is 9.11. The lowest BCUT2D eigenvalue weighted by Gasteiger charge is -2.40. The molecule has 0 bridgehead atoms. The van der Waals surface area contributed by atoms with E-state index in [1.807, 2.05) is 74.1 Å². The van der Waals surface area contributed by atoms with Crippen LogP contribution in [-0.4, -0.2) is 122 Å². The molecular formula is C56H75N4O15P. The Bertz CT molecular complexity index is 2870. The van der Waals surface area contributed by atoms with Crippen molar-refractivity contribution in [2.75, 3.05) is 58.2 Å². The van der Waals surface area contributed by atoms with Gasteiger partial charge < -0.3 is 68.9 Å². The molecule has 0 aromatic heterocycles. The number of phosphoric acid groups is 1. The Morgan fingerprint density at radius 1 is 0.816 bits per heavy atom. The summed E-state index contributed by atoms with van der Waals surface area (Å²) in [5, 5.41) is 59.1. The highest BCUT2D eigenvalue weighted by molar-refractivity contribution is 7.45. The van der Waals surface area contributed by atoms with E-state index in [0.717, 1.165) is 36.7 Å². The summed E-state index contributed by atoms with van der Waals surface area (Å²) in [5.41, 5.74) is 3.68. The summed E-state index contributed by atoms with van der Waals surface area (Å²) in [7, 11) is 2.57. The smallest absolute Gasteiger partial charge is 0.336 e. The number of unbranched alkanes of at least 4 members (excludes halogenated alkanes) is 10. The number of aliphatic hydroxyl groups excluding tert-OH is 4. The molecule has 3 aliphatic rings. The van der Waals surface area contributed by atoms with Crippen LogP contribution in [0.15, 0.2) is 71.1 Å². The zero-order valence-electron chi connectivity index (χ0n) is 44.4. The molecule has 6 rings (SSSR count). The zero-order chi connectivity index (χ0) is 55.1. The molecule has 2 heterocycles. The Hall–Kier alpha value is -5.73. The maximum Gasteiger partial charge on any atom is 0.336 e. The number of amides is 2. The minimum absolute atomic E-state index is 0.00566. The number of benzene rings is 4. The molecule has 1 unspecified atom stereocenters. The number of hydrogen-bond acceptors (Lipinski definition) is 15. The van der Waals surface area contributed by atoms with Crippen molar-refractivity contribution in [1.29, 1.82) is 0 Å². The van der Waals surface area contributed by atoms with Gasteiger partial charge in [-0.1, -0.05) is 83.3 Å². The van der Waals surface area contributed by atoms with Gasteiger partial charge in [-0.15, -0.1) is 0 Å². The number of aliphatic hydroxyl groups is 4. The number of carboxylic acids is 1. The van der Waals surface area contributed by atoms with Gasteiger partial charge >= 0.3 is 5.97 Å². The third-order valence-electron chi connectivity index (χ3n) is 13.6. The summed E-state index contributed by atoms with van der Waals surface area (Å²) < 4.78 is 43.6. The monoisotopic (exact) mass is 1070 g/mol. The number of anilines is 2. The van der Waals surface area contributed by atoms with Crippen LogP contribution in [0, 0.1) is 6.92 Å².